The van der Waals surface area contributed by atoms with E-state index in [4.69, 9.17) is 14.5 Å². The molecular weight excluding hydrogens is 532 g/mol. The molecule has 0 amide bonds. The van der Waals surface area contributed by atoms with Crippen LogP contribution in [-0.4, -0.2) is 49.1 Å². The van der Waals surface area contributed by atoms with Gasteiger partial charge in [0, 0.05) is 24.4 Å². The Morgan fingerprint density at radius 3 is 2.45 bits per heavy atom. The van der Waals surface area contributed by atoms with Gasteiger partial charge in [-0.25, -0.2) is 13.4 Å². The van der Waals surface area contributed by atoms with E-state index in [1.54, 1.807) is 51.3 Å². The van der Waals surface area contributed by atoms with Gasteiger partial charge in [0.2, 0.25) is 10.0 Å². The summed E-state index contributed by atoms with van der Waals surface area (Å²) < 4.78 is 65.9. The summed E-state index contributed by atoms with van der Waals surface area (Å²) in [5.41, 5.74) is 3.39. The van der Waals surface area contributed by atoms with Crippen LogP contribution in [0.4, 0.5) is 8.78 Å². The molecule has 0 aliphatic carbocycles. The molecule has 0 N–H and O–H groups in total. The summed E-state index contributed by atoms with van der Waals surface area (Å²) in [5, 5.41) is 0.548. The lowest BCUT2D eigenvalue weighted by molar-refractivity contribution is -0.0503. The third kappa shape index (κ3) is 5.64. The number of ether oxygens (including phenoxy) is 2. The standard InChI is InChI=1S/C27H29F2N3O4S2/c1-5-31(6-2)38(33,34)20-12-13-22-21(16-20)30-27(32(22)23-9-7-8-10-25(23)35-4)37-17-19-15-18(3)11-14-24(19)36-26(28)29/h7-16,26H,5-6,17H2,1-4H3. The third-order valence-corrected chi connectivity index (χ3v) is 9.09. The number of fused-ring (bicyclic) bond motifs is 1. The van der Waals surface area contributed by atoms with Crippen molar-refractivity contribution in [2.24, 2.45) is 0 Å². The van der Waals surface area contributed by atoms with E-state index in [2.05, 4.69) is 0 Å². The highest BCUT2D eigenvalue weighted by molar-refractivity contribution is 7.98. The van der Waals surface area contributed by atoms with Gasteiger partial charge in [-0.3, -0.25) is 4.57 Å². The first-order valence-corrected chi connectivity index (χ1v) is 14.4. The molecule has 0 fully saturated rings. The number of sulfonamides is 1. The molecule has 0 bridgehead atoms. The minimum Gasteiger partial charge on any atom is -0.495 e. The van der Waals surface area contributed by atoms with E-state index < -0.39 is 16.6 Å². The zero-order valence-corrected chi connectivity index (χ0v) is 23.2. The fourth-order valence-corrected chi connectivity index (χ4v) is 6.71. The molecule has 202 valence electrons. The van der Waals surface area contributed by atoms with Gasteiger partial charge in [0.1, 0.15) is 11.5 Å². The van der Waals surface area contributed by atoms with Crippen LogP contribution in [0.5, 0.6) is 11.5 Å². The van der Waals surface area contributed by atoms with Gasteiger partial charge in [-0.1, -0.05) is 55.4 Å². The van der Waals surface area contributed by atoms with Crippen LogP contribution in [0.2, 0.25) is 0 Å². The number of imidazole rings is 1. The van der Waals surface area contributed by atoms with Gasteiger partial charge in [-0.05, 0) is 43.3 Å². The van der Waals surface area contributed by atoms with Gasteiger partial charge in [0.15, 0.2) is 5.16 Å². The van der Waals surface area contributed by atoms with Crippen LogP contribution in [0, 0.1) is 6.92 Å². The maximum atomic E-state index is 13.2. The molecule has 0 spiro atoms. The first-order chi connectivity index (χ1) is 18.2. The Bertz CT molecular complexity index is 1540. The van der Waals surface area contributed by atoms with Crippen molar-refractivity contribution in [3.05, 3.63) is 71.8 Å². The molecule has 4 aromatic rings. The lowest BCUT2D eigenvalue weighted by Crippen LogP contribution is -2.30. The van der Waals surface area contributed by atoms with Crippen molar-refractivity contribution in [2.45, 2.75) is 43.2 Å². The van der Waals surface area contributed by atoms with E-state index in [0.29, 0.717) is 52.0 Å². The molecule has 0 unspecified atom stereocenters. The number of nitrogens with zero attached hydrogens (tertiary/aromatic N) is 3. The van der Waals surface area contributed by atoms with Crippen LogP contribution in [0.25, 0.3) is 16.7 Å². The van der Waals surface area contributed by atoms with Crippen molar-refractivity contribution in [1.82, 2.24) is 13.9 Å². The second kappa shape index (κ2) is 11.7. The van der Waals surface area contributed by atoms with Crippen LogP contribution in [0.1, 0.15) is 25.0 Å². The molecular formula is C27H29F2N3O4S2. The number of hydrogen-bond donors (Lipinski definition) is 0. The van der Waals surface area contributed by atoms with E-state index >= 15 is 0 Å². The van der Waals surface area contributed by atoms with Crippen LogP contribution in [0.15, 0.2) is 70.7 Å². The Hall–Kier alpha value is -3.15. The van der Waals surface area contributed by atoms with Gasteiger partial charge in [-0.15, -0.1) is 0 Å². The van der Waals surface area contributed by atoms with Crippen LogP contribution in [0.3, 0.4) is 0 Å². The van der Waals surface area contributed by atoms with Crippen molar-refractivity contribution in [3.8, 4) is 17.2 Å². The molecule has 11 heteroatoms. The number of aromatic nitrogens is 2. The number of hydrogen-bond acceptors (Lipinski definition) is 6. The monoisotopic (exact) mass is 561 g/mol. The average molecular weight is 562 g/mol. The Kier molecular flexibility index (Phi) is 8.59. The number of alkyl halides is 2. The molecule has 0 atom stereocenters. The normalized spacial score (nSPS) is 12.0. The van der Waals surface area contributed by atoms with Crippen LogP contribution in [-0.2, 0) is 15.8 Å². The summed E-state index contributed by atoms with van der Waals surface area (Å²) in [6, 6.07) is 17.3. The van der Waals surface area contributed by atoms with E-state index in [1.807, 2.05) is 35.8 Å². The number of para-hydroxylation sites is 2. The van der Waals surface area contributed by atoms with E-state index in [0.717, 1.165) is 5.56 Å². The molecule has 1 heterocycles. The molecule has 1 aromatic heterocycles. The van der Waals surface area contributed by atoms with Crippen molar-refractivity contribution in [1.29, 1.82) is 0 Å². The molecule has 0 radical (unpaired) electrons. The number of rotatable bonds is 11. The molecule has 0 aliphatic heterocycles. The Balaban J connectivity index is 1.83. The van der Waals surface area contributed by atoms with Crippen molar-refractivity contribution < 1.29 is 26.7 Å². The number of methoxy groups -OCH3 is 1. The van der Waals surface area contributed by atoms with Crippen LogP contribution >= 0.6 is 11.8 Å². The molecule has 3 aromatic carbocycles. The van der Waals surface area contributed by atoms with Gasteiger partial charge < -0.3 is 9.47 Å². The largest absolute Gasteiger partial charge is 0.495 e. The number of benzene rings is 3. The van der Waals surface area contributed by atoms with Gasteiger partial charge >= 0.3 is 6.61 Å². The van der Waals surface area contributed by atoms with Crippen LogP contribution < -0.4 is 9.47 Å². The average Bonchev–Trinajstić information content (AvgIpc) is 3.26. The van der Waals surface area contributed by atoms with Gasteiger partial charge in [0.05, 0.1) is 28.7 Å². The minimum atomic E-state index is -3.69. The van der Waals surface area contributed by atoms with Crippen molar-refractivity contribution >= 4 is 32.8 Å². The predicted molar refractivity (Wildman–Crippen MR) is 145 cm³/mol. The molecule has 0 saturated heterocycles. The summed E-state index contributed by atoms with van der Waals surface area (Å²) in [4.78, 5) is 4.93. The zero-order valence-electron chi connectivity index (χ0n) is 21.5. The van der Waals surface area contributed by atoms with Gasteiger partial charge in [0.25, 0.3) is 0 Å². The lowest BCUT2D eigenvalue weighted by Gasteiger charge is -2.18. The smallest absolute Gasteiger partial charge is 0.387 e. The molecule has 38 heavy (non-hydrogen) atoms. The highest BCUT2D eigenvalue weighted by Gasteiger charge is 2.24. The summed E-state index contributed by atoms with van der Waals surface area (Å²) in [7, 11) is -2.12. The first-order valence-electron chi connectivity index (χ1n) is 12.0. The van der Waals surface area contributed by atoms with E-state index in [1.165, 1.54) is 22.1 Å². The molecule has 7 nitrogen and oxygen atoms in total. The van der Waals surface area contributed by atoms with Crippen molar-refractivity contribution in [2.75, 3.05) is 20.2 Å². The molecule has 4 rings (SSSR count). The zero-order chi connectivity index (χ0) is 27.4. The molecule has 0 saturated carbocycles. The highest BCUT2D eigenvalue weighted by atomic mass is 32.2. The number of halogens is 2. The Labute approximate surface area is 225 Å². The third-order valence-electron chi connectivity index (χ3n) is 6.05. The summed E-state index contributed by atoms with van der Waals surface area (Å²) in [6.45, 7) is 3.23. The van der Waals surface area contributed by atoms with Crippen molar-refractivity contribution in [3.63, 3.8) is 0 Å². The lowest BCUT2D eigenvalue weighted by atomic mass is 10.1. The second-order valence-corrected chi connectivity index (χ2v) is 11.3. The summed E-state index contributed by atoms with van der Waals surface area (Å²) >= 11 is 1.33. The Morgan fingerprint density at radius 2 is 1.76 bits per heavy atom. The number of aryl methyl sites for hydroxylation is 1. The fraction of sp³-hybridized carbons (Fsp3) is 0.296. The van der Waals surface area contributed by atoms with Gasteiger partial charge in [-0.2, -0.15) is 13.1 Å². The maximum absolute atomic E-state index is 13.2. The van der Waals surface area contributed by atoms with E-state index in [9.17, 15) is 17.2 Å². The maximum Gasteiger partial charge on any atom is 0.387 e. The molecule has 0 aliphatic rings. The predicted octanol–water partition coefficient (Wildman–Crippen LogP) is 6.27. The number of thioether (sulfide) groups is 1. The summed E-state index contributed by atoms with van der Waals surface area (Å²) in [5.74, 6) is 1.00. The minimum absolute atomic E-state index is 0.102. The second-order valence-electron chi connectivity index (χ2n) is 8.42. The SMILES string of the molecule is CCN(CC)S(=O)(=O)c1ccc2c(c1)nc(SCc1cc(C)ccc1OC(F)F)n2-c1ccccc1OC. The highest BCUT2D eigenvalue weighted by Crippen LogP contribution is 2.36. The quantitative estimate of drug-likeness (QED) is 0.201. The topological polar surface area (TPSA) is 73.7 Å². The fourth-order valence-electron chi connectivity index (χ4n) is 4.23. The van der Waals surface area contributed by atoms with E-state index in [-0.39, 0.29) is 10.6 Å². The Morgan fingerprint density at radius 1 is 1.03 bits per heavy atom. The summed E-state index contributed by atoms with van der Waals surface area (Å²) in [6.07, 6.45) is 0. The first kappa shape index (κ1) is 27.9.